The molecule has 1 aliphatic rings. The number of thiazole rings is 1. The molecule has 126 valence electrons. The van der Waals surface area contributed by atoms with Crippen LogP contribution in [0.15, 0.2) is 8.73 Å². The van der Waals surface area contributed by atoms with Gasteiger partial charge in [-0.1, -0.05) is 24.4 Å². The Bertz CT molecular complexity index is 802. The third kappa shape index (κ3) is 3.28. The predicted molar refractivity (Wildman–Crippen MR) is 89.5 cm³/mol. The summed E-state index contributed by atoms with van der Waals surface area (Å²) < 4.78 is 33.1. The lowest BCUT2D eigenvalue weighted by Crippen LogP contribution is -2.13. The fourth-order valence-corrected chi connectivity index (χ4v) is 5.66. The Kier molecular flexibility index (Phi) is 4.46. The van der Waals surface area contributed by atoms with Crippen LogP contribution >= 0.6 is 11.3 Å². The minimum Gasteiger partial charge on any atom is -0.337 e. The van der Waals surface area contributed by atoms with Gasteiger partial charge in [0.1, 0.15) is 0 Å². The summed E-state index contributed by atoms with van der Waals surface area (Å²) in [6.07, 6.45) is 5.82. The molecule has 6 nitrogen and oxygen atoms in total. The van der Waals surface area contributed by atoms with Crippen molar-refractivity contribution >= 4 is 27.2 Å². The molecular formula is C15H21N3O3S2. The van der Waals surface area contributed by atoms with Gasteiger partial charge in [0, 0.05) is 11.5 Å². The Labute approximate surface area is 140 Å². The van der Waals surface area contributed by atoms with E-state index in [0.29, 0.717) is 11.6 Å². The Morgan fingerprint density at radius 1 is 1.17 bits per heavy atom. The van der Waals surface area contributed by atoms with E-state index in [9.17, 15) is 8.42 Å². The summed E-state index contributed by atoms with van der Waals surface area (Å²) in [6, 6.07) is 0. The van der Waals surface area contributed by atoms with E-state index in [1.807, 2.05) is 6.92 Å². The lowest BCUT2D eigenvalue weighted by Gasteiger charge is -2.19. The third-order valence-electron chi connectivity index (χ3n) is 4.28. The summed E-state index contributed by atoms with van der Waals surface area (Å²) >= 11 is 1.16. The first-order chi connectivity index (χ1) is 10.9. The van der Waals surface area contributed by atoms with Crippen LogP contribution in [0.1, 0.15) is 60.0 Å². The molecule has 0 bridgehead atoms. The van der Waals surface area contributed by atoms with E-state index >= 15 is 0 Å². The number of sulfonamides is 1. The first-order valence-electron chi connectivity index (χ1n) is 7.81. The van der Waals surface area contributed by atoms with Crippen LogP contribution in [0.5, 0.6) is 0 Å². The van der Waals surface area contributed by atoms with Crippen molar-refractivity contribution in [1.29, 1.82) is 0 Å². The zero-order chi connectivity index (χ0) is 16.6. The van der Waals surface area contributed by atoms with Gasteiger partial charge in [-0.2, -0.15) is 0 Å². The quantitative estimate of drug-likeness (QED) is 0.899. The van der Waals surface area contributed by atoms with Crippen LogP contribution in [-0.4, -0.2) is 18.6 Å². The van der Waals surface area contributed by atoms with E-state index in [1.54, 1.807) is 13.8 Å². The normalized spacial score (nSPS) is 16.7. The summed E-state index contributed by atoms with van der Waals surface area (Å²) in [6.45, 7) is 5.35. The summed E-state index contributed by atoms with van der Waals surface area (Å²) in [4.78, 5) is 4.17. The Balaban J connectivity index is 1.85. The second kappa shape index (κ2) is 6.24. The highest BCUT2D eigenvalue weighted by molar-refractivity contribution is 7.94. The maximum absolute atomic E-state index is 12.5. The molecule has 0 amide bonds. The van der Waals surface area contributed by atoms with Gasteiger partial charge >= 0.3 is 0 Å². The molecule has 8 heteroatoms. The van der Waals surface area contributed by atoms with Crippen LogP contribution < -0.4 is 4.72 Å². The maximum atomic E-state index is 12.5. The van der Waals surface area contributed by atoms with Crippen molar-refractivity contribution in [1.82, 2.24) is 10.1 Å². The number of rotatable bonds is 4. The van der Waals surface area contributed by atoms with Crippen molar-refractivity contribution in [2.45, 2.75) is 63.0 Å². The smallest absolute Gasteiger partial charge is 0.275 e. The Morgan fingerprint density at radius 2 is 1.87 bits per heavy atom. The average molecular weight is 355 g/mol. The molecule has 1 N–H and O–H groups in total. The van der Waals surface area contributed by atoms with E-state index < -0.39 is 10.0 Å². The summed E-state index contributed by atoms with van der Waals surface area (Å²) in [5.74, 6) is 0.592. The molecule has 0 spiro atoms. The average Bonchev–Trinajstić information content (AvgIpc) is 3.03. The lowest BCUT2D eigenvalue weighted by atomic mass is 9.86. The van der Waals surface area contributed by atoms with Crippen LogP contribution in [0, 0.1) is 20.8 Å². The molecule has 2 heterocycles. The third-order valence-corrected chi connectivity index (χ3v) is 7.30. The molecule has 1 fully saturated rings. The van der Waals surface area contributed by atoms with E-state index in [4.69, 9.17) is 4.52 Å². The largest absolute Gasteiger partial charge is 0.337 e. The van der Waals surface area contributed by atoms with Gasteiger partial charge in [0.15, 0.2) is 4.21 Å². The van der Waals surface area contributed by atoms with Gasteiger partial charge in [0.25, 0.3) is 10.0 Å². The van der Waals surface area contributed by atoms with Gasteiger partial charge in [0.2, 0.25) is 5.88 Å². The van der Waals surface area contributed by atoms with E-state index in [2.05, 4.69) is 14.9 Å². The van der Waals surface area contributed by atoms with Crippen molar-refractivity contribution in [3.05, 3.63) is 22.0 Å². The number of nitrogens with one attached hydrogen (secondary N) is 1. The highest BCUT2D eigenvalue weighted by Gasteiger charge is 2.27. The SMILES string of the molecule is Cc1nc(C)c(S(=O)(=O)Nc2onc(C3CCCCC3)c2C)s1. The molecule has 0 saturated heterocycles. The fraction of sp³-hybridized carbons (Fsp3) is 0.600. The molecule has 23 heavy (non-hydrogen) atoms. The van der Waals surface area contributed by atoms with Crippen LogP contribution in [0.4, 0.5) is 5.88 Å². The topological polar surface area (TPSA) is 85.1 Å². The Hall–Kier alpha value is -1.41. The minimum absolute atomic E-state index is 0.219. The second-order valence-electron chi connectivity index (χ2n) is 6.07. The van der Waals surface area contributed by atoms with E-state index in [1.165, 1.54) is 19.3 Å². The molecule has 0 aliphatic heterocycles. The van der Waals surface area contributed by atoms with Gasteiger partial charge in [-0.3, -0.25) is 0 Å². The van der Waals surface area contributed by atoms with Crippen LogP contribution in [0.25, 0.3) is 0 Å². The molecule has 3 rings (SSSR count). The van der Waals surface area contributed by atoms with Crippen LogP contribution in [-0.2, 0) is 10.0 Å². The van der Waals surface area contributed by atoms with Gasteiger partial charge in [-0.15, -0.1) is 11.3 Å². The van der Waals surface area contributed by atoms with E-state index in [-0.39, 0.29) is 10.1 Å². The predicted octanol–water partition coefficient (Wildman–Crippen LogP) is 3.90. The van der Waals surface area contributed by atoms with Crippen molar-refractivity contribution in [2.24, 2.45) is 0 Å². The number of nitrogens with zero attached hydrogens (tertiary/aromatic N) is 2. The summed E-state index contributed by atoms with van der Waals surface area (Å²) in [5.41, 5.74) is 2.18. The van der Waals surface area contributed by atoms with Gasteiger partial charge in [0.05, 0.1) is 16.4 Å². The molecule has 2 aromatic rings. The maximum Gasteiger partial charge on any atom is 0.275 e. The number of aryl methyl sites for hydroxylation is 2. The molecule has 0 unspecified atom stereocenters. The van der Waals surface area contributed by atoms with Gasteiger partial charge in [-0.25, -0.2) is 18.1 Å². The van der Waals surface area contributed by atoms with Crippen molar-refractivity contribution in [3.8, 4) is 0 Å². The molecular weight excluding hydrogens is 334 g/mol. The molecule has 1 aliphatic carbocycles. The van der Waals surface area contributed by atoms with Crippen LogP contribution in [0.3, 0.4) is 0 Å². The first-order valence-corrected chi connectivity index (χ1v) is 10.1. The molecule has 2 aromatic heterocycles. The summed E-state index contributed by atoms with van der Waals surface area (Å²) in [7, 11) is -3.69. The monoisotopic (exact) mass is 355 g/mol. The first kappa shape index (κ1) is 16.4. The fourth-order valence-electron chi connectivity index (χ4n) is 3.13. The van der Waals surface area contributed by atoms with Crippen LogP contribution in [0.2, 0.25) is 0 Å². The summed E-state index contributed by atoms with van der Waals surface area (Å²) in [5, 5.41) is 4.85. The van der Waals surface area contributed by atoms with Crippen molar-refractivity contribution in [3.63, 3.8) is 0 Å². The molecule has 0 aromatic carbocycles. The van der Waals surface area contributed by atoms with Crippen molar-refractivity contribution in [2.75, 3.05) is 4.72 Å². The number of hydrogen-bond acceptors (Lipinski definition) is 6. The number of anilines is 1. The molecule has 0 atom stereocenters. The Morgan fingerprint density at radius 3 is 2.48 bits per heavy atom. The number of hydrogen-bond donors (Lipinski definition) is 1. The van der Waals surface area contributed by atoms with Gasteiger partial charge in [-0.05, 0) is 33.6 Å². The van der Waals surface area contributed by atoms with Crippen molar-refractivity contribution < 1.29 is 12.9 Å². The molecule has 0 radical (unpaired) electrons. The van der Waals surface area contributed by atoms with Gasteiger partial charge < -0.3 is 4.52 Å². The minimum atomic E-state index is -3.69. The zero-order valence-electron chi connectivity index (χ0n) is 13.5. The highest BCUT2D eigenvalue weighted by Crippen LogP contribution is 2.36. The second-order valence-corrected chi connectivity index (χ2v) is 9.15. The lowest BCUT2D eigenvalue weighted by molar-refractivity contribution is 0.387. The number of aromatic nitrogens is 2. The zero-order valence-corrected chi connectivity index (χ0v) is 15.2. The van der Waals surface area contributed by atoms with E-state index in [0.717, 1.165) is 40.4 Å². The molecule has 1 saturated carbocycles. The highest BCUT2D eigenvalue weighted by atomic mass is 32.2. The standard InChI is InChI=1S/C15H21N3O3S2/c1-9-13(12-7-5-4-6-8-12)17-21-14(9)18-23(19,20)15-10(2)16-11(3)22-15/h12,18H,4-8H2,1-3H3.